The number of Topliss-reactive ketones (excluding diaryl/α,β-unsaturated/α-hetero) is 2. The Morgan fingerprint density at radius 3 is 1.54 bits per heavy atom. The van der Waals surface area contributed by atoms with E-state index in [2.05, 4.69) is 0 Å². The van der Waals surface area contributed by atoms with E-state index in [9.17, 15) is 19.2 Å². The third-order valence-electron chi connectivity index (χ3n) is 3.93. The quantitative estimate of drug-likeness (QED) is 0.482. The minimum Gasteiger partial charge on any atom is -0.465 e. The maximum atomic E-state index is 12.4. The molecule has 1 aromatic carbocycles. The average molecular weight is 383 g/mol. The summed E-state index contributed by atoms with van der Waals surface area (Å²) in [5, 5.41) is 0.443. The lowest BCUT2D eigenvalue weighted by atomic mass is 9.73. The van der Waals surface area contributed by atoms with Gasteiger partial charge in [-0.1, -0.05) is 23.7 Å². The van der Waals surface area contributed by atoms with Gasteiger partial charge in [0.2, 0.25) is 0 Å². The summed E-state index contributed by atoms with van der Waals surface area (Å²) < 4.78 is 10.0. The van der Waals surface area contributed by atoms with Crippen LogP contribution in [-0.2, 0) is 28.7 Å². The topological polar surface area (TPSA) is 86.7 Å². The molecule has 0 radical (unpaired) electrons. The molecule has 0 bridgehead atoms. The summed E-state index contributed by atoms with van der Waals surface area (Å²) in [6.07, 6.45) is 0. The van der Waals surface area contributed by atoms with Crippen LogP contribution in [0.1, 0.15) is 39.2 Å². The number of hydrogen-bond donors (Lipinski definition) is 0. The fraction of sp³-hybridized carbons (Fsp3) is 0.474. The van der Waals surface area contributed by atoms with Crippen molar-refractivity contribution in [2.45, 2.75) is 33.6 Å². The molecule has 0 spiro atoms. The van der Waals surface area contributed by atoms with Gasteiger partial charge in [-0.15, -0.1) is 0 Å². The zero-order valence-electron chi connectivity index (χ0n) is 15.3. The molecule has 0 aromatic heterocycles. The van der Waals surface area contributed by atoms with E-state index in [0.29, 0.717) is 10.6 Å². The lowest BCUT2D eigenvalue weighted by Gasteiger charge is -2.29. The Kier molecular flexibility index (Phi) is 8.45. The van der Waals surface area contributed by atoms with Crippen molar-refractivity contribution in [3.63, 3.8) is 0 Å². The summed E-state index contributed by atoms with van der Waals surface area (Å²) in [4.78, 5) is 49.4. The van der Waals surface area contributed by atoms with Gasteiger partial charge < -0.3 is 9.47 Å². The number of benzene rings is 1. The predicted octanol–water partition coefficient (Wildman–Crippen LogP) is 2.96. The molecule has 1 unspecified atom stereocenters. The Labute approximate surface area is 157 Å². The third-order valence-corrected chi connectivity index (χ3v) is 4.18. The van der Waals surface area contributed by atoms with Crippen LogP contribution >= 0.6 is 11.6 Å². The molecule has 6 nitrogen and oxygen atoms in total. The molecule has 0 heterocycles. The third kappa shape index (κ3) is 5.39. The number of carbonyl (C=O) groups excluding carboxylic acids is 4. The highest BCUT2D eigenvalue weighted by molar-refractivity contribution is 6.30. The molecule has 0 amide bonds. The lowest BCUT2D eigenvalue weighted by molar-refractivity contribution is -0.157. The van der Waals surface area contributed by atoms with Gasteiger partial charge in [0.25, 0.3) is 0 Å². The molecule has 0 fully saturated rings. The van der Waals surface area contributed by atoms with Gasteiger partial charge in [0.1, 0.15) is 23.4 Å². The summed E-state index contributed by atoms with van der Waals surface area (Å²) >= 11 is 5.91. The van der Waals surface area contributed by atoms with Gasteiger partial charge in [-0.2, -0.15) is 0 Å². The van der Waals surface area contributed by atoms with Crippen molar-refractivity contribution in [1.82, 2.24) is 0 Å². The fourth-order valence-corrected chi connectivity index (χ4v) is 2.98. The van der Waals surface area contributed by atoms with E-state index in [0.717, 1.165) is 0 Å². The smallest absolute Gasteiger partial charge is 0.317 e. The zero-order valence-corrected chi connectivity index (χ0v) is 16.0. The van der Waals surface area contributed by atoms with Gasteiger partial charge in [0.15, 0.2) is 0 Å². The largest absolute Gasteiger partial charge is 0.465 e. The molecule has 1 aromatic rings. The molecule has 1 rings (SSSR count). The number of hydrogen-bond acceptors (Lipinski definition) is 6. The first kappa shape index (κ1) is 21.8. The molecular weight excluding hydrogens is 360 g/mol. The summed E-state index contributed by atoms with van der Waals surface area (Å²) in [7, 11) is 0. The van der Waals surface area contributed by atoms with E-state index in [1.807, 2.05) is 0 Å². The predicted molar refractivity (Wildman–Crippen MR) is 95.8 cm³/mol. The molecule has 7 heteroatoms. The number of esters is 2. The number of carbonyl (C=O) groups is 4. The van der Waals surface area contributed by atoms with Crippen molar-refractivity contribution < 1.29 is 28.7 Å². The van der Waals surface area contributed by atoms with Gasteiger partial charge in [-0.05, 0) is 45.4 Å². The number of ether oxygens (including phenoxy) is 2. The second-order valence-corrected chi connectivity index (χ2v) is 6.19. The van der Waals surface area contributed by atoms with Gasteiger partial charge in [-0.3, -0.25) is 19.2 Å². The maximum absolute atomic E-state index is 12.4. The van der Waals surface area contributed by atoms with Crippen molar-refractivity contribution in [2.75, 3.05) is 13.2 Å². The average Bonchev–Trinajstić information content (AvgIpc) is 2.55. The first-order valence-corrected chi connectivity index (χ1v) is 8.71. The van der Waals surface area contributed by atoms with E-state index in [-0.39, 0.29) is 13.2 Å². The van der Waals surface area contributed by atoms with Crippen molar-refractivity contribution in [2.24, 2.45) is 11.8 Å². The lowest BCUT2D eigenvalue weighted by Crippen LogP contribution is -2.40. The summed E-state index contributed by atoms with van der Waals surface area (Å²) in [5.41, 5.74) is 0.455. The summed E-state index contributed by atoms with van der Waals surface area (Å²) in [6.45, 7) is 5.82. The molecule has 0 N–H and O–H groups in total. The van der Waals surface area contributed by atoms with Crippen LogP contribution in [0.15, 0.2) is 24.3 Å². The van der Waals surface area contributed by atoms with E-state index in [1.165, 1.54) is 13.8 Å². The van der Waals surface area contributed by atoms with Gasteiger partial charge >= 0.3 is 11.9 Å². The van der Waals surface area contributed by atoms with Crippen LogP contribution in [0.2, 0.25) is 5.02 Å². The van der Waals surface area contributed by atoms with E-state index in [1.54, 1.807) is 38.1 Å². The summed E-state index contributed by atoms with van der Waals surface area (Å²) in [5.74, 6) is -6.23. The molecule has 0 saturated heterocycles. The normalized spacial score (nSPS) is 14.0. The Hall–Kier alpha value is -2.21. The Morgan fingerprint density at radius 2 is 1.23 bits per heavy atom. The zero-order chi connectivity index (χ0) is 19.9. The first-order chi connectivity index (χ1) is 12.2. The van der Waals surface area contributed by atoms with Crippen LogP contribution in [-0.4, -0.2) is 36.7 Å². The first-order valence-electron chi connectivity index (χ1n) is 8.34. The van der Waals surface area contributed by atoms with Crippen molar-refractivity contribution in [3.05, 3.63) is 34.9 Å². The van der Waals surface area contributed by atoms with Crippen molar-refractivity contribution in [1.29, 1.82) is 0 Å². The van der Waals surface area contributed by atoms with Crippen LogP contribution < -0.4 is 0 Å². The minimum absolute atomic E-state index is 0.0695. The number of rotatable bonds is 9. The molecule has 0 saturated carbocycles. The number of ketones is 2. The maximum Gasteiger partial charge on any atom is 0.317 e. The second-order valence-electron chi connectivity index (χ2n) is 5.76. The van der Waals surface area contributed by atoms with E-state index < -0.39 is 41.3 Å². The van der Waals surface area contributed by atoms with E-state index in [4.69, 9.17) is 21.1 Å². The molecule has 142 valence electrons. The van der Waals surface area contributed by atoms with Gasteiger partial charge in [0, 0.05) is 10.9 Å². The molecule has 0 aliphatic rings. The fourth-order valence-electron chi connectivity index (χ4n) is 2.86. The molecule has 3 atom stereocenters. The standard InChI is InChI=1S/C19H23ClO6/c1-5-25-18(23)15(11(3)21)17(13-7-9-14(20)10-8-13)16(12(4)22)19(24)26-6-2/h7-10,15-17H,5-6H2,1-4H3/t15-,16+,17?. The Morgan fingerprint density at radius 1 is 0.846 bits per heavy atom. The minimum atomic E-state index is -1.31. The van der Waals surface area contributed by atoms with E-state index >= 15 is 0 Å². The van der Waals surface area contributed by atoms with Gasteiger partial charge in [0.05, 0.1) is 13.2 Å². The van der Waals surface area contributed by atoms with Crippen LogP contribution in [0.25, 0.3) is 0 Å². The molecule has 0 aliphatic heterocycles. The van der Waals surface area contributed by atoms with Crippen molar-refractivity contribution >= 4 is 35.1 Å². The van der Waals surface area contributed by atoms with Crippen LogP contribution in [0.4, 0.5) is 0 Å². The Balaban J connectivity index is 3.55. The summed E-state index contributed by atoms with van der Waals surface area (Å²) in [6, 6.07) is 6.29. The van der Waals surface area contributed by atoms with Crippen LogP contribution in [0.3, 0.4) is 0 Å². The monoisotopic (exact) mass is 382 g/mol. The second kappa shape index (κ2) is 10.1. The molecule has 26 heavy (non-hydrogen) atoms. The number of halogens is 1. The van der Waals surface area contributed by atoms with Crippen LogP contribution in [0, 0.1) is 11.8 Å². The highest BCUT2D eigenvalue weighted by atomic mass is 35.5. The molecular formula is C19H23ClO6. The Bertz CT molecular complexity index is 631. The SMILES string of the molecule is CCOC(=O)[C@@H](C(C)=O)C(c1ccc(Cl)cc1)[C@@H](C(C)=O)C(=O)OCC. The highest BCUT2D eigenvalue weighted by Gasteiger charge is 2.45. The van der Waals surface area contributed by atoms with Crippen LogP contribution in [0.5, 0.6) is 0 Å². The molecule has 0 aliphatic carbocycles. The highest BCUT2D eigenvalue weighted by Crippen LogP contribution is 2.36. The van der Waals surface area contributed by atoms with Crippen molar-refractivity contribution in [3.8, 4) is 0 Å². The van der Waals surface area contributed by atoms with Gasteiger partial charge in [-0.25, -0.2) is 0 Å².